The first-order chi connectivity index (χ1) is 11.0. The van der Waals surface area contributed by atoms with Gasteiger partial charge < -0.3 is 9.84 Å². The molecule has 0 radical (unpaired) electrons. The molecule has 23 heavy (non-hydrogen) atoms. The van der Waals surface area contributed by atoms with Crippen LogP contribution in [0.4, 0.5) is 0 Å². The second-order valence-electron chi connectivity index (χ2n) is 4.68. The lowest BCUT2D eigenvalue weighted by Crippen LogP contribution is -2.16. The van der Waals surface area contributed by atoms with Crippen LogP contribution in [-0.2, 0) is 9.53 Å². The molecule has 0 spiro atoms. The van der Waals surface area contributed by atoms with E-state index < -0.39 is 11.8 Å². The first kappa shape index (κ1) is 17.0. The highest BCUT2D eigenvalue weighted by molar-refractivity contribution is 9.10. The van der Waals surface area contributed by atoms with Crippen LogP contribution in [0.5, 0.6) is 5.75 Å². The zero-order valence-electron chi connectivity index (χ0n) is 12.5. The van der Waals surface area contributed by atoms with Crippen molar-refractivity contribution in [1.82, 2.24) is 0 Å². The molecule has 2 aromatic rings. The third-order valence-electron chi connectivity index (χ3n) is 3.05. The number of phenolic OH excluding ortho intramolecular Hbond substituents is 1. The van der Waals surface area contributed by atoms with E-state index in [1.54, 1.807) is 37.3 Å². The Bertz CT molecular complexity index is 765. The molecule has 0 atom stereocenters. The molecule has 5 heteroatoms. The maximum atomic E-state index is 12.6. The number of Topliss-reactive ketones (excluding diaryl/α,β-unsaturated/α-hetero) is 1. The average Bonchev–Trinajstić information content (AvgIpc) is 2.53. The smallest absolute Gasteiger partial charge is 0.342 e. The van der Waals surface area contributed by atoms with E-state index >= 15 is 0 Å². The quantitative estimate of drug-likeness (QED) is 0.282. The van der Waals surface area contributed by atoms with Gasteiger partial charge in [0, 0.05) is 4.47 Å². The van der Waals surface area contributed by atoms with Crippen LogP contribution in [0.1, 0.15) is 22.8 Å². The number of carbonyl (C=O) groups is 2. The minimum absolute atomic E-state index is 0.0572. The first-order valence-electron chi connectivity index (χ1n) is 7.00. The van der Waals surface area contributed by atoms with Gasteiger partial charge in [0.1, 0.15) is 11.3 Å². The van der Waals surface area contributed by atoms with Crippen molar-refractivity contribution in [2.75, 3.05) is 6.61 Å². The van der Waals surface area contributed by atoms with E-state index in [4.69, 9.17) is 4.74 Å². The molecule has 0 aromatic heterocycles. The molecule has 0 fully saturated rings. The lowest BCUT2D eigenvalue weighted by atomic mass is 10.00. The van der Waals surface area contributed by atoms with Crippen LogP contribution in [0.2, 0.25) is 0 Å². The molecule has 0 unspecified atom stereocenters. The molecule has 0 aliphatic heterocycles. The highest BCUT2D eigenvalue weighted by Crippen LogP contribution is 2.22. The number of para-hydroxylation sites is 1. The molecule has 0 saturated heterocycles. The van der Waals surface area contributed by atoms with Crippen LogP contribution >= 0.6 is 15.9 Å². The summed E-state index contributed by atoms with van der Waals surface area (Å²) in [5.41, 5.74) is 0.597. The number of hydrogen-bond donors (Lipinski definition) is 1. The lowest BCUT2D eigenvalue weighted by Gasteiger charge is -2.08. The Hall–Kier alpha value is -2.40. The zero-order chi connectivity index (χ0) is 16.8. The Balaban J connectivity index is 2.48. The summed E-state index contributed by atoms with van der Waals surface area (Å²) in [5, 5.41) is 9.84. The number of hydrogen-bond acceptors (Lipinski definition) is 4. The Morgan fingerprint density at radius 1 is 1.17 bits per heavy atom. The molecule has 118 valence electrons. The molecule has 0 bridgehead atoms. The van der Waals surface area contributed by atoms with E-state index in [0.717, 1.165) is 4.47 Å². The summed E-state index contributed by atoms with van der Waals surface area (Å²) in [6.45, 7) is 1.82. The molecular formula is C18H15BrO4. The van der Waals surface area contributed by atoms with Gasteiger partial charge in [0.15, 0.2) is 0 Å². The fourth-order valence-corrected chi connectivity index (χ4v) is 2.42. The van der Waals surface area contributed by atoms with Gasteiger partial charge in [-0.05, 0) is 42.8 Å². The number of rotatable bonds is 5. The second kappa shape index (κ2) is 7.74. The Morgan fingerprint density at radius 2 is 1.91 bits per heavy atom. The largest absolute Gasteiger partial charge is 0.507 e. The normalized spacial score (nSPS) is 11.1. The topological polar surface area (TPSA) is 63.6 Å². The van der Waals surface area contributed by atoms with E-state index in [2.05, 4.69) is 15.9 Å². The molecule has 0 saturated carbocycles. The summed E-state index contributed by atoms with van der Waals surface area (Å²) in [5.74, 6) is -1.48. The summed E-state index contributed by atoms with van der Waals surface area (Å²) in [6.07, 6.45) is 1.46. The highest BCUT2D eigenvalue weighted by atomic mass is 79.9. The number of halogens is 1. The summed E-state index contributed by atoms with van der Waals surface area (Å²) in [7, 11) is 0. The van der Waals surface area contributed by atoms with Crippen LogP contribution in [-0.4, -0.2) is 23.5 Å². The maximum absolute atomic E-state index is 12.6. The number of phenols is 1. The predicted octanol–water partition coefficient (Wildman–Crippen LogP) is 3.98. The number of benzene rings is 2. The number of aromatic hydroxyl groups is 1. The van der Waals surface area contributed by atoms with Gasteiger partial charge in [0.05, 0.1) is 12.2 Å². The summed E-state index contributed by atoms with van der Waals surface area (Å²) in [4.78, 5) is 24.8. The van der Waals surface area contributed by atoms with Crippen LogP contribution < -0.4 is 0 Å². The van der Waals surface area contributed by atoms with Crippen molar-refractivity contribution in [3.05, 3.63) is 69.7 Å². The Morgan fingerprint density at radius 3 is 2.57 bits per heavy atom. The van der Waals surface area contributed by atoms with Crippen LogP contribution in [0.25, 0.3) is 6.08 Å². The van der Waals surface area contributed by atoms with E-state index in [1.807, 2.05) is 6.07 Å². The number of carbonyl (C=O) groups excluding carboxylic acids is 2. The van der Waals surface area contributed by atoms with Gasteiger partial charge in [0.2, 0.25) is 5.78 Å². The third kappa shape index (κ3) is 4.29. The summed E-state index contributed by atoms with van der Waals surface area (Å²) in [6, 6.07) is 13.3. The minimum Gasteiger partial charge on any atom is -0.507 e. The predicted molar refractivity (Wildman–Crippen MR) is 91.2 cm³/mol. The van der Waals surface area contributed by atoms with Gasteiger partial charge in [-0.25, -0.2) is 4.79 Å². The van der Waals surface area contributed by atoms with Crippen molar-refractivity contribution in [3.8, 4) is 5.75 Å². The van der Waals surface area contributed by atoms with Crippen molar-refractivity contribution in [3.63, 3.8) is 0 Å². The van der Waals surface area contributed by atoms with Gasteiger partial charge in [-0.15, -0.1) is 0 Å². The molecule has 0 amide bonds. The second-order valence-corrected chi connectivity index (χ2v) is 5.60. The number of ether oxygens (including phenoxy) is 1. The molecule has 0 aliphatic carbocycles. The van der Waals surface area contributed by atoms with Gasteiger partial charge in [-0.2, -0.15) is 0 Å². The molecule has 1 N–H and O–H groups in total. The van der Waals surface area contributed by atoms with Crippen molar-refractivity contribution < 1.29 is 19.4 Å². The lowest BCUT2D eigenvalue weighted by molar-refractivity contribution is -0.137. The van der Waals surface area contributed by atoms with E-state index in [1.165, 1.54) is 18.2 Å². The highest BCUT2D eigenvalue weighted by Gasteiger charge is 2.23. The van der Waals surface area contributed by atoms with Crippen molar-refractivity contribution >= 4 is 33.8 Å². The van der Waals surface area contributed by atoms with Crippen LogP contribution in [0.3, 0.4) is 0 Å². The van der Waals surface area contributed by atoms with Gasteiger partial charge in [-0.3, -0.25) is 4.79 Å². The first-order valence-corrected chi connectivity index (χ1v) is 7.79. The monoisotopic (exact) mass is 374 g/mol. The van der Waals surface area contributed by atoms with Crippen molar-refractivity contribution in [2.24, 2.45) is 0 Å². The van der Waals surface area contributed by atoms with E-state index in [-0.39, 0.29) is 23.5 Å². The Labute approximate surface area is 142 Å². The molecule has 2 rings (SSSR count). The molecule has 4 nitrogen and oxygen atoms in total. The summed E-state index contributed by atoms with van der Waals surface area (Å²) >= 11 is 3.34. The van der Waals surface area contributed by atoms with Gasteiger partial charge in [0.25, 0.3) is 0 Å². The number of esters is 1. The molecular weight excluding hydrogens is 360 g/mol. The third-order valence-corrected chi connectivity index (χ3v) is 3.54. The summed E-state index contributed by atoms with van der Waals surface area (Å²) < 4.78 is 5.79. The van der Waals surface area contributed by atoms with Crippen LogP contribution in [0, 0.1) is 0 Å². The van der Waals surface area contributed by atoms with E-state index in [9.17, 15) is 14.7 Å². The maximum Gasteiger partial charge on any atom is 0.342 e. The van der Waals surface area contributed by atoms with Crippen molar-refractivity contribution in [2.45, 2.75) is 6.92 Å². The number of ketones is 1. The fraction of sp³-hybridized carbons (Fsp3) is 0.111. The van der Waals surface area contributed by atoms with Crippen LogP contribution in [0.15, 0.2) is 58.6 Å². The van der Waals surface area contributed by atoms with Gasteiger partial charge >= 0.3 is 5.97 Å². The average molecular weight is 375 g/mol. The minimum atomic E-state index is -0.722. The standard InChI is InChI=1S/C18H15BrO4/c1-2-23-18(22)15(11-12-6-5-7-13(19)10-12)17(21)14-8-3-4-9-16(14)20/h3-11,20H,2H2,1H3/b15-11+. The molecule has 0 aliphatic rings. The SMILES string of the molecule is CCOC(=O)/C(=C/c1cccc(Br)c1)C(=O)c1ccccc1O. The Kier molecular flexibility index (Phi) is 5.71. The van der Waals surface area contributed by atoms with E-state index in [0.29, 0.717) is 5.56 Å². The zero-order valence-corrected chi connectivity index (χ0v) is 14.0. The molecule has 2 aromatic carbocycles. The van der Waals surface area contributed by atoms with Gasteiger partial charge in [-0.1, -0.05) is 40.2 Å². The van der Waals surface area contributed by atoms with Crippen molar-refractivity contribution in [1.29, 1.82) is 0 Å². The molecule has 0 heterocycles. The fourth-order valence-electron chi connectivity index (χ4n) is 2.00.